The van der Waals surface area contributed by atoms with Crippen molar-refractivity contribution in [2.75, 3.05) is 0 Å². The van der Waals surface area contributed by atoms with E-state index >= 15 is 0 Å². The average molecular weight is 246 g/mol. The first-order chi connectivity index (χ1) is 9.42. The Labute approximate surface area is 112 Å². The summed E-state index contributed by atoms with van der Waals surface area (Å²) in [7, 11) is 0. The first-order valence-electron chi connectivity index (χ1n) is 6.26. The summed E-state index contributed by atoms with van der Waals surface area (Å²) < 4.78 is 0. The molecular weight excluding hydrogens is 232 g/mol. The molecule has 0 atom stereocenters. The number of aromatic nitrogens is 2. The van der Waals surface area contributed by atoms with Gasteiger partial charge in [-0.25, -0.2) is 0 Å². The summed E-state index contributed by atoms with van der Waals surface area (Å²) in [5.41, 5.74) is 4.27. The Morgan fingerprint density at radius 2 is 1.47 bits per heavy atom. The van der Waals surface area contributed by atoms with Crippen LogP contribution in [0.1, 0.15) is 11.3 Å². The molecule has 0 fully saturated rings. The highest BCUT2D eigenvalue weighted by Gasteiger charge is 2.00. The maximum Gasteiger partial charge on any atom is 0.0926 e. The van der Waals surface area contributed by atoms with Gasteiger partial charge >= 0.3 is 0 Å². The number of nitrogens with one attached hydrogen (secondary N) is 1. The Kier molecular flexibility index (Phi) is 3.24. The van der Waals surface area contributed by atoms with Crippen LogP contribution < -0.4 is 0 Å². The lowest BCUT2D eigenvalue weighted by Gasteiger charge is -1.92. The predicted octanol–water partition coefficient (Wildman–Crippen LogP) is 4.25. The SMILES string of the molecule is C(=C\c1cc(-c2ccccc2)n[nH]1)/c1ccccc1. The molecule has 2 heteroatoms. The van der Waals surface area contributed by atoms with Gasteiger partial charge in [0.2, 0.25) is 0 Å². The largest absolute Gasteiger partial charge is 0.278 e. The van der Waals surface area contributed by atoms with E-state index in [9.17, 15) is 0 Å². The fourth-order valence-electron chi connectivity index (χ4n) is 1.93. The average Bonchev–Trinajstić information content (AvgIpc) is 2.96. The Bertz CT molecular complexity index is 667. The minimum Gasteiger partial charge on any atom is -0.278 e. The zero-order valence-corrected chi connectivity index (χ0v) is 10.5. The number of rotatable bonds is 3. The molecule has 0 aliphatic carbocycles. The molecular formula is C17H14N2. The molecule has 0 bridgehead atoms. The van der Waals surface area contributed by atoms with Gasteiger partial charge in [-0.15, -0.1) is 0 Å². The Balaban J connectivity index is 1.81. The molecule has 92 valence electrons. The third-order valence-electron chi connectivity index (χ3n) is 2.92. The highest BCUT2D eigenvalue weighted by Crippen LogP contribution is 2.17. The normalized spacial score (nSPS) is 10.9. The van der Waals surface area contributed by atoms with Crippen LogP contribution in [0.3, 0.4) is 0 Å². The molecule has 0 radical (unpaired) electrons. The lowest BCUT2D eigenvalue weighted by atomic mass is 10.1. The van der Waals surface area contributed by atoms with Crippen molar-refractivity contribution in [2.24, 2.45) is 0 Å². The topological polar surface area (TPSA) is 28.7 Å². The maximum atomic E-state index is 4.32. The molecule has 0 spiro atoms. The molecule has 0 aliphatic heterocycles. The molecule has 2 aromatic carbocycles. The second kappa shape index (κ2) is 5.36. The van der Waals surface area contributed by atoms with Crippen LogP contribution in [0.5, 0.6) is 0 Å². The summed E-state index contributed by atoms with van der Waals surface area (Å²) in [5, 5.41) is 7.36. The number of hydrogen-bond donors (Lipinski definition) is 1. The lowest BCUT2D eigenvalue weighted by Crippen LogP contribution is -1.75. The minimum atomic E-state index is 0.966. The molecule has 1 N–H and O–H groups in total. The Hall–Kier alpha value is -2.61. The summed E-state index contributed by atoms with van der Waals surface area (Å²) in [4.78, 5) is 0. The second-order valence-electron chi connectivity index (χ2n) is 4.32. The molecule has 0 saturated carbocycles. The monoisotopic (exact) mass is 246 g/mol. The minimum absolute atomic E-state index is 0.966. The van der Waals surface area contributed by atoms with Crippen LogP contribution in [0.25, 0.3) is 23.4 Å². The third-order valence-corrected chi connectivity index (χ3v) is 2.92. The van der Waals surface area contributed by atoms with Crippen molar-refractivity contribution in [3.05, 3.63) is 78.0 Å². The van der Waals surface area contributed by atoms with E-state index in [-0.39, 0.29) is 0 Å². The molecule has 0 unspecified atom stereocenters. The van der Waals surface area contributed by atoms with E-state index < -0.39 is 0 Å². The summed E-state index contributed by atoms with van der Waals surface area (Å²) >= 11 is 0. The van der Waals surface area contributed by atoms with Crippen LogP contribution in [0.15, 0.2) is 66.7 Å². The smallest absolute Gasteiger partial charge is 0.0926 e. The quantitative estimate of drug-likeness (QED) is 0.735. The number of hydrogen-bond acceptors (Lipinski definition) is 1. The van der Waals surface area contributed by atoms with Crippen molar-refractivity contribution < 1.29 is 0 Å². The van der Waals surface area contributed by atoms with Crippen molar-refractivity contribution in [3.8, 4) is 11.3 Å². The van der Waals surface area contributed by atoms with E-state index in [0.29, 0.717) is 0 Å². The van der Waals surface area contributed by atoms with Gasteiger partial charge in [-0.2, -0.15) is 5.10 Å². The summed E-state index contributed by atoms with van der Waals surface area (Å²) in [5.74, 6) is 0. The van der Waals surface area contributed by atoms with E-state index in [4.69, 9.17) is 0 Å². The molecule has 1 heterocycles. The van der Waals surface area contributed by atoms with Crippen LogP contribution in [0.2, 0.25) is 0 Å². The fraction of sp³-hybridized carbons (Fsp3) is 0. The van der Waals surface area contributed by atoms with Gasteiger partial charge < -0.3 is 0 Å². The van der Waals surface area contributed by atoms with Crippen LogP contribution in [0.4, 0.5) is 0 Å². The zero-order chi connectivity index (χ0) is 12.9. The van der Waals surface area contributed by atoms with E-state index in [1.54, 1.807) is 0 Å². The van der Waals surface area contributed by atoms with Crippen LogP contribution in [-0.2, 0) is 0 Å². The molecule has 0 aliphatic rings. The molecule has 2 nitrogen and oxygen atoms in total. The summed E-state index contributed by atoms with van der Waals surface area (Å²) in [6.07, 6.45) is 4.11. The number of benzene rings is 2. The van der Waals surface area contributed by atoms with Crippen LogP contribution >= 0.6 is 0 Å². The van der Waals surface area contributed by atoms with Crippen molar-refractivity contribution >= 4 is 12.2 Å². The van der Waals surface area contributed by atoms with Gasteiger partial charge in [0.05, 0.1) is 11.4 Å². The highest BCUT2D eigenvalue weighted by molar-refractivity contribution is 5.70. The number of nitrogens with zero attached hydrogens (tertiary/aromatic N) is 1. The lowest BCUT2D eigenvalue weighted by molar-refractivity contribution is 1.08. The van der Waals surface area contributed by atoms with E-state index in [1.807, 2.05) is 42.5 Å². The Morgan fingerprint density at radius 3 is 2.21 bits per heavy atom. The first-order valence-corrected chi connectivity index (χ1v) is 6.26. The molecule has 3 rings (SSSR count). The van der Waals surface area contributed by atoms with Crippen molar-refractivity contribution in [3.63, 3.8) is 0 Å². The van der Waals surface area contributed by atoms with E-state index in [2.05, 4.69) is 46.6 Å². The van der Waals surface area contributed by atoms with Crippen molar-refractivity contribution in [2.45, 2.75) is 0 Å². The van der Waals surface area contributed by atoms with Gasteiger partial charge in [0.1, 0.15) is 0 Å². The molecule has 1 aromatic heterocycles. The van der Waals surface area contributed by atoms with Gasteiger partial charge in [0.15, 0.2) is 0 Å². The predicted molar refractivity (Wildman–Crippen MR) is 79.4 cm³/mol. The first kappa shape index (κ1) is 11.5. The highest BCUT2D eigenvalue weighted by atomic mass is 15.1. The number of aromatic amines is 1. The fourth-order valence-corrected chi connectivity index (χ4v) is 1.93. The van der Waals surface area contributed by atoms with Gasteiger partial charge in [-0.1, -0.05) is 66.7 Å². The van der Waals surface area contributed by atoms with Gasteiger partial charge in [-0.3, -0.25) is 5.10 Å². The zero-order valence-electron chi connectivity index (χ0n) is 10.5. The van der Waals surface area contributed by atoms with Crippen molar-refractivity contribution in [1.82, 2.24) is 10.2 Å². The third kappa shape index (κ3) is 2.80. The van der Waals surface area contributed by atoms with Crippen LogP contribution in [-0.4, -0.2) is 10.2 Å². The van der Waals surface area contributed by atoms with E-state index in [0.717, 1.165) is 17.0 Å². The van der Waals surface area contributed by atoms with Gasteiger partial charge in [0.25, 0.3) is 0 Å². The standard InChI is InChI=1S/C17H14N2/c1-3-7-14(8-4-1)11-12-16-13-17(19-18-16)15-9-5-2-6-10-15/h1-13H,(H,18,19)/b12-11+. The molecule has 0 saturated heterocycles. The second-order valence-corrected chi connectivity index (χ2v) is 4.32. The summed E-state index contributed by atoms with van der Waals surface area (Å²) in [6, 6.07) is 22.4. The van der Waals surface area contributed by atoms with Crippen LogP contribution in [0, 0.1) is 0 Å². The van der Waals surface area contributed by atoms with Gasteiger partial charge in [0, 0.05) is 5.56 Å². The molecule has 0 amide bonds. The number of H-pyrrole nitrogens is 1. The Morgan fingerprint density at radius 1 is 0.789 bits per heavy atom. The van der Waals surface area contributed by atoms with Crippen molar-refractivity contribution in [1.29, 1.82) is 0 Å². The van der Waals surface area contributed by atoms with Gasteiger partial charge in [-0.05, 0) is 17.7 Å². The molecule has 19 heavy (non-hydrogen) atoms. The molecule has 3 aromatic rings. The summed E-state index contributed by atoms with van der Waals surface area (Å²) in [6.45, 7) is 0. The van der Waals surface area contributed by atoms with E-state index in [1.165, 1.54) is 5.56 Å². The maximum absolute atomic E-state index is 4.32.